The van der Waals surface area contributed by atoms with E-state index in [1.807, 2.05) is 0 Å². The first kappa shape index (κ1) is 14.6. The lowest BCUT2D eigenvalue weighted by atomic mass is 10.2. The van der Waals surface area contributed by atoms with Crippen LogP contribution in [0.5, 0.6) is 5.75 Å². The van der Waals surface area contributed by atoms with E-state index >= 15 is 0 Å². The Bertz CT molecular complexity index is 441. The molecule has 1 rings (SSSR count). The molecule has 0 saturated carbocycles. The van der Waals surface area contributed by atoms with Crippen molar-refractivity contribution in [1.82, 2.24) is 0 Å². The van der Waals surface area contributed by atoms with Crippen molar-refractivity contribution in [1.29, 1.82) is 0 Å². The van der Waals surface area contributed by atoms with Crippen LogP contribution in [0.3, 0.4) is 0 Å². The fraction of sp³-hybridized carbons (Fsp3) is 0.357. The van der Waals surface area contributed by atoms with Crippen LogP contribution in [0.2, 0.25) is 0 Å². The summed E-state index contributed by atoms with van der Waals surface area (Å²) in [5, 5.41) is 0.340. The van der Waals surface area contributed by atoms with Crippen LogP contribution < -0.4 is 4.74 Å². The standard InChI is InChI=1S/C14H17ClO3/c1-14(2,3)18-13(16)9-12(15)10-5-7-11(17-4)8-6-10/h5-9H,1-4H3/b12-9-. The third-order valence-corrected chi connectivity index (χ3v) is 2.34. The van der Waals surface area contributed by atoms with Crippen LogP contribution in [0.25, 0.3) is 5.03 Å². The molecule has 4 heteroatoms. The van der Waals surface area contributed by atoms with E-state index in [0.29, 0.717) is 5.03 Å². The van der Waals surface area contributed by atoms with Crippen molar-refractivity contribution in [2.24, 2.45) is 0 Å². The van der Waals surface area contributed by atoms with Gasteiger partial charge in [0.25, 0.3) is 0 Å². The summed E-state index contributed by atoms with van der Waals surface area (Å²) in [5.74, 6) is 0.281. The number of carbonyl (C=O) groups is 1. The maximum atomic E-state index is 11.6. The van der Waals surface area contributed by atoms with Gasteiger partial charge in [-0.2, -0.15) is 0 Å². The second kappa shape index (κ2) is 5.91. The van der Waals surface area contributed by atoms with E-state index in [2.05, 4.69) is 0 Å². The molecule has 0 radical (unpaired) electrons. The van der Waals surface area contributed by atoms with Gasteiger partial charge in [-0.1, -0.05) is 11.6 Å². The molecule has 98 valence electrons. The molecule has 0 fully saturated rings. The van der Waals surface area contributed by atoms with Crippen LogP contribution in [0.4, 0.5) is 0 Å². The Morgan fingerprint density at radius 1 is 1.22 bits per heavy atom. The van der Waals surface area contributed by atoms with Crippen molar-refractivity contribution in [3.05, 3.63) is 35.9 Å². The van der Waals surface area contributed by atoms with E-state index in [4.69, 9.17) is 21.1 Å². The normalized spacial score (nSPS) is 12.2. The molecule has 0 spiro atoms. The van der Waals surface area contributed by atoms with Gasteiger partial charge < -0.3 is 9.47 Å². The maximum absolute atomic E-state index is 11.6. The largest absolute Gasteiger partial charge is 0.497 e. The van der Waals surface area contributed by atoms with Crippen LogP contribution >= 0.6 is 11.6 Å². The first-order valence-electron chi connectivity index (χ1n) is 5.56. The highest BCUT2D eigenvalue weighted by molar-refractivity contribution is 6.50. The van der Waals surface area contributed by atoms with E-state index in [1.54, 1.807) is 52.1 Å². The van der Waals surface area contributed by atoms with Gasteiger partial charge in [0.05, 0.1) is 12.1 Å². The molecule has 3 nitrogen and oxygen atoms in total. The number of hydrogen-bond acceptors (Lipinski definition) is 3. The number of ether oxygens (including phenoxy) is 2. The second-order valence-corrected chi connectivity index (χ2v) is 5.16. The van der Waals surface area contributed by atoms with Gasteiger partial charge in [0.15, 0.2) is 0 Å². The molecule has 0 aromatic heterocycles. The summed E-state index contributed by atoms with van der Waals surface area (Å²) in [6.07, 6.45) is 1.27. The van der Waals surface area contributed by atoms with Gasteiger partial charge in [0.1, 0.15) is 11.4 Å². The zero-order chi connectivity index (χ0) is 13.8. The van der Waals surface area contributed by atoms with E-state index in [0.717, 1.165) is 11.3 Å². The number of methoxy groups -OCH3 is 1. The van der Waals surface area contributed by atoms with E-state index in [1.165, 1.54) is 6.08 Å². The molecule has 0 atom stereocenters. The minimum Gasteiger partial charge on any atom is -0.497 e. The Kier molecular flexibility index (Phi) is 4.79. The lowest BCUT2D eigenvalue weighted by Gasteiger charge is -2.18. The number of benzene rings is 1. The molecular formula is C14H17ClO3. The first-order chi connectivity index (χ1) is 8.31. The third-order valence-electron chi connectivity index (χ3n) is 2.02. The monoisotopic (exact) mass is 268 g/mol. The molecule has 0 N–H and O–H groups in total. The molecule has 1 aromatic carbocycles. The number of carbonyl (C=O) groups excluding carboxylic acids is 1. The average molecular weight is 269 g/mol. The molecule has 0 aliphatic heterocycles. The van der Waals surface area contributed by atoms with E-state index in [9.17, 15) is 4.79 Å². The Morgan fingerprint density at radius 2 is 1.78 bits per heavy atom. The first-order valence-corrected chi connectivity index (χ1v) is 5.94. The van der Waals surface area contributed by atoms with Crippen molar-refractivity contribution in [2.45, 2.75) is 26.4 Å². The minimum absolute atomic E-state index is 0.340. The highest BCUT2D eigenvalue weighted by Gasteiger charge is 2.15. The van der Waals surface area contributed by atoms with Gasteiger partial charge in [-0.05, 0) is 50.6 Å². The predicted octanol–water partition coefficient (Wildman–Crippen LogP) is 3.62. The molecule has 0 saturated heterocycles. The number of halogens is 1. The van der Waals surface area contributed by atoms with Gasteiger partial charge in [0.2, 0.25) is 0 Å². The van der Waals surface area contributed by atoms with E-state index in [-0.39, 0.29) is 0 Å². The smallest absolute Gasteiger partial charge is 0.332 e. The molecule has 0 amide bonds. The minimum atomic E-state index is -0.523. The molecule has 18 heavy (non-hydrogen) atoms. The van der Waals surface area contributed by atoms with Crippen LogP contribution in [0, 0.1) is 0 Å². The Labute approximate surface area is 112 Å². The summed E-state index contributed by atoms with van der Waals surface area (Å²) < 4.78 is 10.2. The van der Waals surface area contributed by atoms with Crippen molar-refractivity contribution >= 4 is 22.6 Å². The summed E-state index contributed by atoms with van der Waals surface area (Å²) in [6.45, 7) is 5.42. The van der Waals surface area contributed by atoms with Gasteiger partial charge >= 0.3 is 5.97 Å². The SMILES string of the molecule is COc1ccc(/C(Cl)=C/C(=O)OC(C)(C)C)cc1. The fourth-order valence-electron chi connectivity index (χ4n) is 1.27. The van der Waals surface area contributed by atoms with E-state index < -0.39 is 11.6 Å². The number of hydrogen-bond donors (Lipinski definition) is 0. The third kappa shape index (κ3) is 4.80. The summed E-state index contributed by atoms with van der Waals surface area (Å²) in [5.41, 5.74) is 0.216. The topological polar surface area (TPSA) is 35.5 Å². The van der Waals surface area contributed by atoms with Crippen molar-refractivity contribution in [3.8, 4) is 5.75 Å². The Morgan fingerprint density at radius 3 is 2.22 bits per heavy atom. The zero-order valence-corrected chi connectivity index (χ0v) is 11.7. The van der Waals surface area contributed by atoms with Gasteiger partial charge in [-0.25, -0.2) is 4.79 Å². The predicted molar refractivity (Wildman–Crippen MR) is 72.7 cm³/mol. The summed E-state index contributed by atoms with van der Waals surface area (Å²) >= 11 is 6.04. The second-order valence-electron chi connectivity index (χ2n) is 4.75. The summed E-state index contributed by atoms with van der Waals surface area (Å²) in [4.78, 5) is 11.6. The van der Waals surface area contributed by atoms with Crippen molar-refractivity contribution in [3.63, 3.8) is 0 Å². The van der Waals surface area contributed by atoms with Crippen LogP contribution in [0.1, 0.15) is 26.3 Å². The number of rotatable bonds is 3. The van der Waals surface area contributed by atoms with Gasteiger partial charge in [-0.15, -0.1) is 0 Å². The molecule has 0 aliphatic rings. The quantitative estimate of drug-likeness (QED) is 0.620. The van der Waals surface area contributed by atoms with Gasteiger partial charge in [0, 0.05) is 6.08 Å². The molecule has 1 aromatic rings. The summed E-state index contributed by atoms with van der Waals surface area (Å²) in [7, 11) is 1.59. The van der Waals surface area contributed by atoms with Crippen molar-refractivity contribution in [2.75, 3.05) is 7.11 Å². The van der Waals surface area contributed by atoms with Gasteiger partial charge in [-0.3, -0.25) is 0 Å². The highest BCUT2D eigenvalue weighted by atomic mass is 35.5. The van der Waals surface area contributed by atoms with Crippen molar-refractivity contribution < 1.29 is 14.3 Å². The summed E-state index contributed by atoms with van der Waals surface area (Å²) in [6, 6.07) is 7.12. The van der Waals surface area contributed by atoms with Crippen LogP contribution in [-0.2, 0) is 9.53 Å². The molecule has 0 aliphatic carbocycles. The molecule has 0 heterocycles. The lowest BCUT2D eigenvalue weighted by Crippen LogP contribution is -2.22. The Hall–Kier alpha value is -1.48. The average Bonchev–Trinajstić information content (AvgIpc) is 2.26. The highest BCUT2D eigenvalue weighted by Crippen LogP contribution is 2.22. The number of esters is 1. The fourth-order valence-corrected chi connectivity index (χ4v) is 1.48. The molecular weight excluding hydrogens is 252 g/mol. The van der Waals surface area contributed by atoms with Crippen LogP contribution in [-0.4, -0.2) is 18.7 Å². The Balaban J connectivity index is 2.79. The molecule has 0 bridgehead atoms. The maximum Gasteiger partial charge on any atom is 0.332 e. The molecule has 0 unspecified atom stereocenters. The lowest BCUT2D eigenvalue weighted by molar-refractivity contribution is -0.148. The van der Waals surface area contributed by atoms with Crippen LogP contribution in [0.15, 0.2) is 30.3 Å². The zero-order valence-electron chi connectivity index (χ0n) is 11.0.